The van der Waals surface area contributed by atoms with Crippen LogP contribution in [0, 0.1) is 18.6 Å². The molecule has 0 saturated carbocycles. The molecule has 5 heteroatoms. The molecule has 0 saturated heterocycles. The lowest BCUT2D eigenvalue weighted by atomic mass is 9.99. The van der Waals surface area contributed by atoms with Gasteiger partial charge in [-0.3, -0.25) is 4.79 Å². The van der Waals surface area contributed by atoms with Crippen molar-refractivity contribution < 1.29 is 13.6 Å². The van der Waals surface area contributed by atoms with Gasteiger partial charge in [0, 0.05) is 18.2 Å². The Hall–Kier alpha value is -2.56. The quantitative estimate of drug-likeness (QED) is 0.823. The molecule has 0 aromatic heterocycles. The van der Waals surface area contributed by atoms with Crippen molar-refractivity contribution in [3.8, 4) is 11.1 Å². The fourth-order valence-electron chi connectivity index (χ4n) is 2.50. The fourth-order valence-corrected chi connectivity index (χ4v) is 2.50. The van der Waals surface area contributed by atoms with Crippen molar-refractivity contribution in [2.75, 3.05) is 5.01 Å². The van der Waals surface area contributed by atoms with Gasteiger partial charge in [-0.15, -0.1) is 0 Å². The van der Waals surface area contributed by atoms with Gasteiger partial charge in [0.25, 0.3) is 0 Å². The van der Waals surface area contributed by atoms with E-state index >= 15 is 0 Å². The van der Waals surface area contributed by atoms with Gasteiger partial charge in [0.15, 0.2) is 11.6 Å². The number of amides is 1. The molecule has 0 bridgehead atoms. The number of hydrogen-bond acceptors (Lipinski definition) is 2. The summed E-state index contributed by atoms with van der Waals surface area (Å²) in [4.78, 5) is 11.9. The van der Waals surface area contributed by atoms with Crippen LogP contribution >= 0.6 is 0 Å². The molecule has 0 unspecified atom stereocenters. The third-order valence-electron chi connectivity index (χ3n) is 3.62. The molecule has 22 heavy (non-hydrogen) atoms. The summed E-state index contributed by atoms with van der Waals surface area (Å²) in [6, 6.07) is 9.21. The second-order valence-corrected chi connectivity index (χ2v) is 5.14. The molecule has 3 rings (SSSR count). The molecule has 112 valence electrons. The molecule has 0 atom stereocenters. The Morgan fingerprint density at radius 3 is 2.68 bits per heavy atom. The number of anilines is 1. The van der Waals surface area contributed by atoms with E-state index in [9.17, 15) is 13.6 Å². The maximum atomic E-state index is 13.9. The zero-order valence-electron chi connectivity index (χ0n) is 12.0. The van der Waals surface area contributed by atoms with E-state index < -0.39 is 11.6 Å². The Morgan fingerprint density at radius 2 is 1.95 bits per heavy atom. The minimum Gasteiger partial charge on any atom is -0.273 e. The molecule has 1 amide bonds. The maximum absolute atomic E-state index is 13.9. The maximum Gasteiger partial charge on any atom is 0.247 e. The normalized spacial score (nSPS) is 14.5. The van der Waals surface area contributed by atoms with Gasteiger partial charge >= 0.3 is 0 Å². The second-order valence-electron chi connectivity index (χ2n) is 5.14. The highest BCUT2D eigenvalue weighted by Gasteiger charge is 2.19. The van der Waals surface area contributed by atoms with E-state index in [2.05, 4.69) is 5.10 Å². The van der Waals surface area contributed by atoms with Crippen LogP contribution in [0.25, 0.3) is 11.1 Å². The predicted octanol–water partition coefficient (Wildman–Crippen LogP) is 4.05. The number of carbonyl (C=O) groups excluding carboxylic acids is 1. The lowest BCUT2D eigenvalue weighted by Crippen LogP contribution is -2.28. The van der Waals surface area contributed by atoms with Gasteiger partial charge in [0.2, 0.25) is 5.91 Å². The van der Waals surface area contributed by atoms with Gasteiger partial charge in [-0.2, -0.15) is 5.10 Å². The Bertz CT molecular complexity index is 771. The number of halogens is 2. The molecule has 0 N–H and O–H groups in total. The van der Waals surface area contributed by atoms with E-state index in [0.717, 1.165) is 11.6 Å². The van der Waals surface area contributed by atoms with E-state index in [1.807, 2.05) is 0 Å². The topological polar surface area (TPSA) is 32.7 Å². The largest absolute Gasteiger partial charge is 0.273 e. The molecule has 2 aromatic rings. The molecular weight excluding hydrogens is 286 g/mol. The zero-order valence-corrected chi connectivity index (χ0v) is 12.0. The van der Waals surface area contributed by atoms with Gasteiger partial charge in [0.1, 0.15) is 0 Å². The molecule has 1 aliphatic rings. The second kappa shape index (κ2) is 5.67. The van der Waals surface area contributed by atoms with E-state index in [1.54, 1.807) is 31.3 Å². The van der Waals surface area contributed by atoms with E-state index in [4.69, 9.17) is 0 Å². The molecule has 0 radical (unpaired) electrons. The zero-order chi connectivity index (χ0) is 15.7. The summed E-state index contributed by atoms with van der Waals surface area (Å²) in [6.45, 7) is 1.79. The summed E-state index contributed by atoms with van der Waals surface area (Å²) in [5, 5.41) is 5.42. The molecule has 0 spiro atoms. The van der Waals surface area contributed by atoms with Gasteiger partial charge < -0.3 is 0 Å². The van der Waals surface area contributed by atoms with Crippen LogP contribution in [0.3, 0.4) is 0 Å². The average Bonchev–Trinajstić information content (AvgIpc) is 2.51. The first-order valence-electron chi connectivity index (χ1n) is 6.98. The van der Waals surface area contributed by atoms with E-state index in [1.165, 1.54) is 17.1 Å². The van der Waals surface area contributed by atoms with Crippen LogP contribution in [0.15, 0.2) is 41.5 Å². The molecule has 2 aromatic carbocycles. The van der Waals surface area contributed by atoms with E-state index in [-0.39, 0.29) is 11.5 Å². The molecule has 0 fully saturated rings. The minimum atomic E-state index is -0.878. The number of carbonyl (C=O) groups is 1. The lowest BCUT2D eigenvalue weighted by molar-refractivity contribution is -0.118. The molecule has 1 aliphatic heterocycles. The van der Waals surface area contributed by atoms with Crippen LogP contribution in [0.4, 0.5) is 14.5 Å². The molecule has 0 aliphatic carbocycles. The third kappa shape index (κ3) is 2.50. The first-order chi connectivity index (χ1) is 10.6. The van der Waals surface area contributed by atoms with Gasteiger partial charge in [-0.25, -0.2) is 13.8 Å². The Kier molecular flexibility index (Phi) is 3.71. The van der Waals surface area contributed by atoms with Crippen LogP contribution in [-0.2, 0) is 4.79 Å². The first kappa shape index (κ1) is 14.4. The van der Waals surface area contributed by atoms with Crippen molar-refractivity contribution in [1.82, 2.24) is 0 Å². The van der Waals surface area contributed by atoms with Crippen molar-refractivity contribution in [3.63, 3.8) is 0 Å². The number of benzene rings is 2. The highest BCUT2D eigenvalue weighted by molar-refractivity contribution is 5.97. The van der Waals surface area contributed by atoms with Crippen LogP contribution < -0.4 is 5.01 Å². The number of rotatable bonds is 2. The number of aryl methyl sites for hydroxylation is 1. The van der Waals surface area contributed by atoms with Gasteiger partial charge in [-0.05, 0) is 42.7 Å². The third-order valence-corrected chi connectivity index (χ3v) is 3.62. The van der Waals surface area contributed by atoms with Crippen LogP contribution in [0.1, 0.15) is 18.4 Å². The van der Waals surface area contributed by atoms with Gasteiger partial charge in [0.05, 0.1) is 5.69 Å². The van der Waals surface area contributed by atoms with Crippen molar-refractivity contribution >= 4 is 17.8 Å². The summed E-state index contributed by atoms with van der Waals surface area (Å²) in [5.41, 5.74) is 2.17. The summed E-state index contributed by atoms with van der Waals surface area (Å²) in [6.07, 6.45) is 2.75. The Morgan fingerprint density at radius 1 is 1.14 bits per heavy atom. The highest BCUT2D eigenvalue weighted by atomic mass is 19.2. The molecule has 3 nitrogen and oxygen atoms in total. The smallest absolute Gasteiger partial charge is 0.247 e. The average molecular weight is 300 g/mol. The molecule has 1 heterocycles. The van der Waals surface area contributed by atoms with Crippen LogP contribution in [0.2, 0.25) is 0 Å². The minimum absolute atomic E-state index is 0.0772. The van der Waals surface area contributed by atoms with Crippen molar-refractivity contribution in [2.24, 2.45) is 5.10 Å². The van der Waals surface area contributed by atoms with Crippen molar-refractivity contribution in [2.45, 2.75) is 19.8 Å². The summed E-state index contributed by atoms with van der Waals surface area (Å²) in [5.74, 6) is -1.83. The lowest BCUT2D eigenvalue weighted by Gasteiger charge is -2.21. The number of hydrogen-bond donors (Lipinski definition) is 0. The standard InChI is InChI=1S/C17H14F2N2O/c1-11-10-12(21-16(22)6-3-9-20-21)7-8-13(11)14-4-2-5-15(18)17(14)19/h2,4-5,7-10H,3,6H2,1H3. The van der Waals surface area contributed by atoms with Crippen molar-refractivity contribution in [3.05, 3.63) is 53.6 Å². The SMILES string of the molecule is Cc1cc(N2N=CCCC2=O)ccc1-c1cccc(F)c1F. The Labute approximate surface area is 126 Å². The van der Waals surface area contributed by atoms with Crippen LogP contribution in [-0.4, -0.2) is 12.1 Å². The van der Waals surface area contributed by atoms with Crippen LogP contribution in [0.5, 0.6) is 0 Å². The summed E-state index contributed by atoms with van der Waals surface area (Å²) in [7, 11) is 0. The highest BCUT2D eigenvalue weighted by Crippen LogP contribution is 2.31. The Balaban J connectivity index is 2.03. The number of nitrogens with zero attached hydrogens (tertiary/aromatic N) is 2. The monoisotopic (exact) mass is 300 g/mol. The van der Waals surface area contributed by atoms with E-state index in [0.29, 0.717) is 24.1 Å². The summed E-state index contributed by atoms with van der Waals surface area (Å²) >= 11 is 0. The predicted molar refractivity (Wildman–Crippen MR) is 81.7 cm³/mol. The van der Waals surface area contributed by atoms with Crippen molar-refractivity contribution in [1.29, 1.82) is 0 Å². The molecular formula is C17H14F2N2O. The summed E-state index contributed by atoms with van der Waals surface area (Å²) < 4.78 is 27.3. The first-order valence-corrected chi connectivity index (χ1v) is 6.98. The van der Waals surface area contributed by atoms with Gasteiger partial charge in [-0.1, -0.05) is 18.2 Å². The fraction of sp³-hybridized carbons (Fsp3) is 0.176. The number of hydrazone groups is 1.